The molecule has 0 saturated heterocycles. The lowest BCUT2D eigenvalue weighted by Gasteiger charge is -2.12. The molecule has 0 amide bonds. The third-order valence-corrected chi connectivity index (χ3v) is 2.10. The molecule has 0 unspecified atom stereocenters. The van der Waals surface area contributed by atoms with Gasteiger partial charge >= 0.3 is 0 Å². The lowest BCUT2D eigenvalue weighted by Crippen LogP contribution is -2.04. The van der Waals surface area contributed by atoms with Crippen LogP contribution in [0.1, 0.15) is 13.8 Å². The summed E-state index contributed by atoms with van der Waals surface area (Å²) < 4.78 is 25.7. The predicted molar refractivity (Wildman–Crippen MR) is 75.9 cm³/mol. The van der Waals surface area contributed by atoms with Gasteiger partial charge in [0.25, 0.3) is 6.47 Å². The quantitative estimate of drug-likeness (QED) is 0.375. The molecule has 6 heteroatoms. The molecule has 0 radical (unpaired) electrons. The zero-order valence-electron chi connectivity index (χ0n) is 12.1. The van der Waals surface area contributed by atoms with Crippen LogP contribution < -0.4 is 14.2 Å². The Morgan fingerprint density at radius 3 is 1.76 bits per heavy atom. The first-order valence-electron chi connectivity index (χ1n) is 6.09. The normalized spacial score (nSPS) is 9.43. The van der Waals surface area contributed by atoms with E-state index in [0.717, 1.165) is 0 Å². The van der Waals surface area contributed by atoms with E-state index in [0.29, 0.717) is 29.5 Å². The van der Waals surface area contributed by atoms with Crippen molar-refractivity contribution in [2.45, 2.75) is 13.8 Å². The van der Waals surface area contributed by atoms with Crippen molar-refractivity contribution in [1.82, 2.24) is 0 Å². The van der Waals surface area contributed by atoms with Crippen molar-refractivity contribution in [3.63, 3.8) is 0 Å². The molecule has 0 aromatic heterocycles. The SMILES string of the molecule is C=C(C)OCOc1cc(OC=O)cc(OCOC(=C)C)c1. The molecule has 0 fully saturated rings. The lowest BCUT2D eigenvalue weighted by atomic mass is 10.3. The van der Waals surface area contributed by atoms with Gasteiger partial charge in [-0.15, -0.1) is 0 Å². The first-order chi connectivity index (χ1) is 10.0. The third kappa shape index (κ3) is 6.91. The van der Waals surface area contributed by atoms with Gasteiger partial charge in [-0.25, -0.2) is 0 Å². The van der Waals surface area contributed by atoms with Crippen LogP contribution in [0.2, 0.25) is 0 Å². The second kappa shape index (κ2) is 8.52. The van der Waals surface area contributed by atoms with Crippen molar-refractivity contribution in [2.24, 2.45) is 0 Å². The summed E-state index contributed by atoms with van der Waals surface area (Å²) in [6, 6.07) is 4.67. The summed E-state index contributed by atoms with van der Waals surface area (Å²) in [5, 5.41) is 0. The standard InChI is InChI=1S/C15H18O6/c1-11(2)18-9-20-14-5-13(17-8-16)6-15(7-14)21-10-19-12(3)4/h5-8H,1,3,9-10H2,2,4H3. The average Bonchev–Trinajstić information content (AvgIpc) is 2.38. The van der Waals surface area contributed by atoms with Gasteiger partial charge < -0.3 is 23.7 Å². The fraction of sp³-hybridized carbons (Fsp3) is 0.267. The maximum atomic E-state index is 10.4. The van der Waals surface area contributed by atoms with Crippen LogP contribution in [0.5, 0.6) is 17.2 Å². The van der Waals surface area contributed by atoms with Gasteiger partial charge in [-0.2, -0.15) is 0 Å². The molecule has 6 nitrogen and oxygen atoms in total. The summed E-state index contributed by atoms with van der Waals surface area (Å²) in [5.41, 5.74) is 0. The van der Waals surface area contributed by atoms with E-state index in [1.54, 1.807) is 19.9 Å². The fourth-order valence-corrected chi connectivity index (χ4v) is 1.23. The number of carbonyl (C=O) groups is 1. The highest BCUT2D eigenvalue weighted by Crippen LogP contribution is 2.28. The number of carbonyl (C=O) groups excluding carboxylic acids is 1. The van der Waals surface area contributed by atoms with E-state index in [9.17, 15) is 4.79 Å². The Morgan fingerprint density at radius 1 is 0.952 bits per heavy atom. The predicted octanol–water partition coefficient (Wildman–Crippen LogP) is 2.99. The molecule has 1 aromatic rings. The number of benzene rings is 1. The molecule has 0 heterocycles. The second-order valence-electron chi connectivity index (χ2n) is 4.07. The van der Waals surface area contributed by atoms with Crippen molar-refractivity contribution in [2.75, 3.05) is 13.6 Å². The van der Waals surface area contributed by atoms with E-state index in [1.807, 2.05) is 0 Å². The molecular weight excluding hydrogens is 276 g/mol. The van der Waals surface area contributed by atoms with Crippen molar-refractivity contribution in [1.29, 1.82) is 0 Å². The minimum Gasteiger partial charge on any atom is -0.463 e. The van der Waals surface area contributed by atoms with Crippen LogP contribution in [0.3, 0.4) is 0 Å². The minimum atomic E-state index is -0.0123. The Kier molecular flexibility index (Phi) is 6.67. The summed E-state index contributed by atoms with van der Waals surface area (Å²) >= 11 is 0. The van der Waals surface area contributed by atoms with Crippen molar-refractivity contribution in [3.8, 4) is 17.2 Å². The fourth-order valence-electron chi connectivity index (χ4n) is 1.23. The molecule has 114 valence electrons. The van der Waals surface area contributed by atoms with Crippen LogP contribution in [0.4, 0.5) is 0 Å². The number of rotatable bonds is 10. The van der Waals surface area contributed by atoms with Crippen molar-refractivity contribution >= 4 is 6.47 Å². The molecule has 21 heavy (non-hydrogen) atoms. The van der Waals surface area contributed by atoms with E-state index in [1.165, 1.54) is 12.1 Å². The molecule has 0 spiro atoms. The van der Waals surface area contributed by atoms with Gasteiger partial charge in [0.2, 0.25) is 13.6 Å². The molecule has 0 N–H and O–H groups in total. The average molecular weight is 294 g/mol. The summed E-state index contributed by atoms with van der Waals surface area (Å²) in [5.74, 6) is 2.17. The van der Waals surface area contributed by atoms with Crippen LogP contribution in [0.25, 0.3) is 0 Å². The van der Waals surface area contributed by atoms with E-state index >= 15 is 0 Å². The van der Waals surface area contributed by atoms with Crippen LogP contribution in [-0.2, 0) is 14.3 Å². The van der Waals surface area contributed by atoms with Gasteiger partial charge in [-0.3, -0.25) is 4.79 Å². The Labute approximate surface area is 123 Å². The minimum absolute atomic E-state index is 0.0123. The molecule has 0 aliphatic rings. The highest BCUT2D eigenvalue weighted by Gasteiger charge is 2.05. The third-order valence-electron chi connectivity index (χ3n) is 2.10. The number of hydrogen-bond acceptors (Lipinski definition) is 6. The van der Waals surface area contributed by atoms with E-state index < -0.39 is 0 Å². The van der Waals surface area contributed by atoms with Crippen LogP contribution in [0.15, 0.2) is 42.9 Å². The van der Waals surface area contributed by atoms with Crippen LogP contribution in [0, 0.1) is 0 Å². The number of allylic oxidation sites excluding steroid dienone is 2. The van der Waals surface area contributed by atoms with Crippen LogP contribution >= 0.6 is 0 Å². The molecule has 1 rings (SSSR count). The van der Waals surface area contributed by atoms with Crippen LogP contribution in [-0.4, -0.2) is 20.1 Å². The van der Waals surface area contributed by atoms with Gasteiger partial charge in [0.1, 0.15) is 17.2 Å². The summed E-state index contributed by atoms with van der Waals surface area (Å²) in [7, 11) is 0. The molecular formula is C15H18O6. The maximum Gasteiger partial charge on any atom is 0.298 e. The summed E-state index contributed by atoms with van der Waals surface area (Å²) in [6.45, 7) is 10.9. The van der Waals surface area contributed by atoms with Gasteiger partial charge in [0.05, 0.1) is 11.5 Å². The Morgan fingerprint density at radius 2 is 1.38 bits per heavy atom. The van der Waals surface area contributed by atoms with Gasteiger partial charge in [0, 0.05) is 18.2 Å². The zero-order valence-corrected chi connectivity index (χ0v) is 12.1. The van der Waals surface area contributed by atoms with Crippen molar-refractivity contribution in [3.05, 3.63) is 42.9 Å². The summed E-state index contributed by atoms with van der Waals surface area (Å²) in [6.07, 6.45) is 0. The second-order valence-corrected chi connectivity index (χ2v) is 4.07. The highest BCUT2D eigenvalue weighted by molar-refractivity contribution is 5.49. The molecule has 0 bridgehead atoms. The number of ether oxygens (including phenoxy) is 5. The Hall–Kier alpha value is -2.63. The Bertz CT molecular complexity index is 471. The smallest absolute Gasteiger partial charge is 0.298 e. The Balaban J connectivity index is 2.71. The van der Waals surface area contributed by atoms with Gasteiger partial charge in [0.15, 0.2) is 0 Å². The maximum absolute atomic E-state index is 10.4. The largest absolute Gasteiger partial charge is 0.463 e. The van der Waals surface area contributed by atoms with Gasteiger partial charge in [-0.05, 0) is 13.8 Å². The molecule has 1 aromatic carbocycles. The summed E-state index contributed by atoms with van der Waals surface area (Å²) in [4.78, 5) is 10.4. The molecule has 0 saturated carbocycles. The van der Waals surface area contributed by atoms with Gasteiger partial charge in [-0.1, -0.05) is 13.2 Å². The molecule has 0 aliphatic carbocycles. The zero-order chi connectivity index (χ0) is 15.7. The molecule has 0 atom stereocenters. The van der Waals surface area contributed by atoms with Crippen molar-refractivity contribution < 1.29 is 28.5 Å². The first-order valence-corrected chi connectivity index (χ1v) is 6.09. The first kappa shape index (κ1) is 16.4. The molecule has 0 aliphatic heterocycles. The van der Waals surface area contributed by atoms with E-state index in [-0.39, 0.29) is 19.3 Å². The van der Waals surface area contributed by atoms with E-state index in [2.05, 4.69) is 13.2 Å². The van der Waals surface area contributed by atoms with E-state index in [4.69, 9.17) is 23.7 Å². The number of hydrogen-bond donors (Lipinski definition) is 0. The topological polar surface area (TPSA) is 63.2 Å². The monoisotopic (exact) mass is 294 g/mol. The lowest BCUT2D eigenvalue weighted by molar-refractivity contribution is -0.120. The highest BCUT2D eigenvalue weighted by atomic mass is 16.7.